The molecule has 0 radical (unpaired) electrons. The number of para-hydroxylation sites is 1. The maximum absolute atomic E-state index is 13.7. The number of thioether (sulfide) groups is 1. The van der Waals surface area contributed by atoms with Crippen LogP contribution in [0.3, 0.4) is 0 Å². The lowest BCUT2D eigenvalue weighted by Crippen LogP contribution is -2.48. The number of carbonyl (C=O) groups is 2. The summed E-state index contributed by atoms with van der Waals surface area (Å²) in [5.41, 5.74) is 4.45. The number of amides is 2. The third-order valence-electron chi connectivity index (χ3n) is 6.82. The molecule has 2 aromatic carbocycles. The lowest BCUT2D eigenvalue weighted by Gasteiger charge is -2.36. The minimum Gasteiger partial charge on any atom is -0.353 e. The molecule has 0 saturated heterocycles. The summed E-state index contributed by atoms with van der Waals surface area (Å²) in [7, 11) is 0. The molecule has 0 spiro atoms. The number of aryl methyl sites for hydroxylation is 2. The predicted octanol–water partition coefficient (Wildman–Crippen LogP) is 5.79. The Morgan fingerprint density at radius 1 is 1.09 bits per heavy atom. The predicted molar refractivity (Wildman–Crippen MR) is 132 cm³/mol. The van der Waals surface area contributed by atoms with E-state index in [0.29, 0.717) is 6.54 Å². The molecule has 1 heterocycles. The zero-order valence-electron chi connectivity index (χ0n) is 19.4. The molecule has 5 heteroatoms. The van der Waals surface area contributed by atoms with Crippen LogP contribution in [0.1, 0.15) is 62.1 Å². The molecule has 1 N–H and O–H groups in total. The summed E-state index contributed by atoms with van der Waals surface area (Å²) in [4.78, 5) is 29.8. The summed E-state index contributed by atoms with van der Waals surface area (Å²) < 4.78 is 0. The molecule has 0 bridgehead atoms. The number of hydrogen-bond donors (Lipinski definition) is 1. The van der Waals surface area contributed by atoms with Gasteiger partial charge < -0.3 is 10.2 Å². The summed E-state index contributed by atoms with van der Waals surface area (Å²) in [6, 6.07) is 14.7. The third-order valence-corrected chi connectivity index (χ3v) is 8.28. The maximum Gasteiger partial charge on any atom is 0.241 e. The molecule has 2 aromatic rings. The van der Waals surface area contributed by atoms with Gasteiger partial charge in [-0.05, 0) is 49.9 Å². The average molecular weight is 451 g/mol. The quantitative estimate of drug-likeness (QED) is 0.587. The van der Waals surface area contributed by atoms with Gasteiger partial charge in [0.15, 0.2) is 0 Å². The van der Waals surface area contributed by atoms with E-state index in [9.17, 15) is 9.59 Å². The Hall–Kier alpha value is -2.27. The molecule has 170 valence electrons. The SMILES string of the molecule is Cc1ccc(C)c(CN2C(=O)[C@H]([C@@H](C)C(=O)NC3CCCCCC3)Sc3ccccc32)c1. The summed E-state index contributed by atoms with van der Waals surface area (Å²) in [5.74, 6) is -0.350. The second-order valence-corrected chi connectivity index (χ2v) is 10.5. The van der Waals surface area contributed by atoms with Gasteiger partial charge in [0, 0.05) is 10.9 Å². The highest BCUT2D eigenvalue weighted by molar-refractivity contribution is 8.01. The van der Waals surface area contributed by atoms with Crippen molar-refractivity contribution in [3.63, 3.8) is 0 Å². The van der Waals surface area contributed by atoms with Crippen LogP contribution < -0.4 is 10.2 Å². The van der Waals surface area contributed by atoms with Crippen molar-refractivity contribution in [1.29, 1.82) is 0 Å². The molecule has 2 aliphatic rings. The van der Waals surface area contributed by atoms with E-state index in [4.69, 9.17) is 0 Å². The Labute approximate surface area is 196 Å². The van der Waals surface area contributed by atoms with Gasteiger partial charge in [0.25, 0.3) is 0 Å². The molecule has 0 unspecified atom stereocenters. The number of carbonyl (C=O) groups excluding carboxylic acids is 2. The monoisotopic (exact) mass is 450 g/mol. The molecule has 1 aliphatic carbocycles. The number of hydrogen-bond acceptors (Lipinski definition) is 3. The Morgan fingerprint density at radius 2 is 1.81 bits per heavy atom. The standard InChI is InChI=1S/C27H34N2O2S/c1-18-14-15-19(2)21(16-18)17-29-23-12-8-9-13-24(23)32-25(27(29)31)20(3)26(30)28-22-10-6-4-5-7-11-22/h8-9,12-16,20,22,25H,4-7,10-11,17H2,1-3H3,(H,28,30)/t20-,25+/m1/s1. The van der Waals surface area contributed by atoms with Gasteiger partial charge >= 0.3 is 0 Å². The maximum atomic E-state index is 13.7. The first kappa shape index (κ1) is 22.9. The van der Waals surface area contributed by atoms with E-state index in [-0.39, 0.29) is 23.8 Å². The van der Waals surface area contributed by atoms with Crippen molar-refractivity contribution < 1.29 is 9.59 Å². The van der Waals surface area contributed by atoms with Crippen molar-refractivity contribution >= 4 is 29.3 Å². The van der Waals surface area contributed by atoms with E-state index in [1.165, 1.54) is 48.6 Å². The molecular weight excluding hydrogens is 416 g/mol. The van der Waals surface area contributed by atoms with Gasteiger partial charge in [-0.3, -0.25) is 9.59 Å². The van der Waals surface area contributed by atoms with Crippen LogP contribution in [0.2, 0.25) is 0 Å². The van der Waals surface area contributed by atoms with Crippen LogP contribution in [0.5, 0.6) is 0 Å². The second kappa shape index (κ2) is 10.1. The number of rotatable bonds is 5. The summed E-state index contributed by atoms with van der Waals surface area (Å²) >= 11 is 1.54. The third kappa shape index (κ3) is 5.03. The molecule has 2 atom stereocenters. The highest BCUT2D eigenvalue weighted by atomic mass is 32.2. The molecule has 1 fully saturated rings. The van der Waals surface area contributed by atoms with E-state index >= 15 is 0 Å². The highest BCUT2D eigenvalue weighted by Crippen LogP contribution is 2.42. The number of fused-ring (bicyclic) bond motifs is 1. The van der Waals surface area contributed by atoms with Crippen molar-refractivity contribution in [2.24, 2.45) is 5.92 Å². The largest absolute Gasteiger partial charge is 0.353 e. The minimum atomic E-state index is -0.416. The van der Waals surface area contributed by atoms with Crippen LogP contribution in [0.4, 0.5) is 5.69 Å². The van der Waals surface area contributed by atoms with E-state index in [1.54, 1.807) is 0 Å². The fourth-order valence-electron chi connectivity index (χ4n) is 4.75. The van der Waals surface area contributed by atoms with Crippen LogP contribution in [0.15, 0.2) is 47.4 Å². The fourth-order valence-corrected chi connectivity index (χ4v) is 6.04. The molecule has 2 amide bonds. The number of benzene rings is 2. The van der Waals surface area contributed by atoms with Crippen LogP contribution in [-0.2, 0) is 16.1 Å². The first-order chi connectivity index (χ1) is 15.4. The van der Waals surface area contributed by atoms with E-state index in [0.717, 1.165) is 29.0 Å². The smallest absolute Gasteiger partial charge is 0.241 e. The molecule has 4 nitrogen and oxygen atoms in total. The first-order valence-corrected chi connectivity index (χ1v) is 12.8. The Morgan fingerprint density at radius 3 is 2.56 bits per heavy atom. The van der Waals surface area contributed by atoms with Gasteiger partial charge in [0.2, 0.25) is 11.8 Å². The minimum absolute atomic E-state index is 0.00816. The summed E-state index contributed by atoms with van der Waals surface area (Å²) in [6.07, 6.45) is 6.95. The van der Waals surface area contributed by atoms with Gasteiger partial charge in [0.05, 0.1) is 18.2 Å². The van der Waals surface area contributed by atoms with Crippen molar-refractivity contribution in [3.05, 3.63) is 59.2 Å². The van der Waals surface area contributed by atoms with Crippen molar-refractivity contribution in [3.8, 4) is 0 Å². The van der Waals surface area contributed by atoms with E-state index in [1.807, 2.05) is 30.0 Å². The number of anilines is 1. The highest BCUT2D eigenvalue weighted by Gasteiger charge is 2.39. The van der Waals surface area contributed by atoms with Gasteiger partial charge in [-0.25, -0.2) is 0 Å². The van der Waals surface area contributed by atoms with Crippen molar-refractivity contribution in [1.82, 2.24) is 5.32 Å². The van der Waals surface area contributed by atoms with Crippen LogP contribution in [0.25, 0.3) is 0 Å². The van der Waals surface area contributed by atoms with Crippen molar-refractivity contribution in [2.75, 3.05) is 4.90 Å². The Bertz CT molecular complexity index is 981. The molecule has 4 rings (SSSR count). The van der Waals surface area contributed by atoms with Gasteiger partial charge in [-0.2, -0.15) is 0 Å². The Kier molecular flexibility index (Phi) is 7.24. The first-order valence-electron chi connectivity index (χ1n) is 11.9. The molecule has 1 saturated carbocycles. The van der Waals surface area contributed by atoms with Gasteiger partial charge in [-0.1, -0.05) is 68.5 Å². The molecule has 0 aromatic heterocycles. The van der Waals surface area contributed by atoms with Crippen LogP contribution >= 0.6 is 11.8 Å². The average Bonchev–Trinajstić information content (AvgIpc) is 3.06. The van der Waals surface area contributed by atoms with Gasteiger partial charge in [0.1, 0.15) is 5.25 Å². The Balaban J connectivity index is 1.56. The fraction of sp³-hybridized carbons (Fsp3) is 0.481. The number of nitrogens with one attached hydrogen (secondary N) is 1. The van der Waals surface area contributed by atoms with E-state index in [2.05, 4.69) is 43.4 Å². The lowest BCUT2D eigenvalue weighted by atomic mass is 10.0. The van der Waals surface area contributed by atoms with Gasteiger partial charge in [-0.15, -0.1) is 11.8 Å². The zero-order chi connectivity index (χ0) is 22.7. The normalized spacial score (nSPS) is 20.4. The second-order valence-electron chi connectivity index (χ2n) is 9.35. The van der Waals surface area contributed by atoms with Crippen LogP contribution in [-0.4, -0.2) is 23.1 Å². The topological polar surface area (TPSA) is 49.4 Å². The molecule has 32 heavy (non-hydrogen) atoms. The number of nitrogens with zero attached hydrogens (tertiary/aromatic N) is 1. The molecular formula is C27H34N2O2S. The van der Waals surface area contributed by atoms with E-state index < -0.39 is 5.25 Å². The van der Waals surface area contributed by atoms with Crippen LogP contribution in [0, 0.1) is 19.8 Å². The molecule has 1 aliphatic heterocycles. The lowest BCUT2D eigenvalue weighted by molar-refractivity contribution is -0.129. The zero-order valence-corrected chi connectivity index (χ0v) is 20.2. The summed E-state index contributed by atoms with van der Waals surface area (Å²) in [6.45, 7) is 6.60. The summed E-state index contributed by atoms with van der Waals surface area (Å²) in [5, 5.41) is 2.84. The van der Waals surface area contributed by atoms with Crippen molar-refractivity contribution in [2.45, 2.75) is 82.0 Å².